The Morgan fingerprint density at radius 1 is 1.45 bits per heavy atom. The van der Waals surface area contributed by atoms with E-state index < -0.39 is 0 Å². The summed E-state index contributed by atoms with van der Waals surface area (Å²) in [5, 5.41) is 15.9. The number of rotatable bonds is 8. The van der Waals surface area contributed by atoms with Gasteiger partial charge in [0.1, 0.15) is 5.82 Å². The number of aromatic nitrogens is 2. The summed E-state index contributed by atoms with van der Waals surface area (Å²) in [4.78, 5) is 20.2. The molecule has 0 bridgehead atoms. The third-order valence-corrected chi connectivity index (χ3v) is 6.10. The normalized spacial score (nSPS) is 22.4. The lowest BCUT2D eigenvalue weighted by Gasteiger charge is -2.40. The van der Waals surface area contributed by atoms with Crippen LogP contribution in [0, 0.1) is 18.8 Å². The van der Waals surface area contributed by atoms with Gasteiger partial charge in [-0.05, 0) is 65.0 Å². The molecule has 2 amide bonds. The van der Waals surface area contributed by atoms with E-state index in [0.717, 1.165) is 63.6 Å². The van der Waals surface area contributed by atoms with Crippen molar-refractivity contribution in [1.82, 2.24) is 25.1 Å². The highest BCUT2D eigenvalue weighted by Gasteiger charge is 2.38. The molecule has 2 saturated heterocycles. The van der Waals surface area contributed by atoms with E-state index in [2.05, 4.69) is 28.3 Å². The third kappa shape index (κ3) is 5.49. The number of hydrogen-bond donors (Lipinski definition) is 3. The number of aryl methyl sites for hydroxylation is 2. The van der Waals surface area contributed by atoms with E-state index in [1.54, 1.807) is 0 Å². The van der Waals surface area contributed by atoms with Gasteiger partial charge in [-0.1, -0.05) is 0 Å². The standard InChI is InChI=1S/C21H37N5O3/c1-4-25-12-15(2)23-20(25)19(18-6-9-29-10-7-18)26(13-17-5-8-22-11-17)21(28)24-16(3)14-27/h12,16-19,22,27H,4-11,13-14H2,1-3H3,(H,24,28)/t16-,17-,19+/m0/s1. The van der Waals surface area contributed by atoms with Gasteiger partial charge in [0.25, 0.3) is 0 Å². The van der Waals surface area contributed by atoms with E-state index in [-0.39, 0.29) is 24.7 Å². The van der Waals surface area contributed by atoms with Crippen LogP contribution in [0.25, 0.3) is 0 Å². The van der Waals surface area contributed by atoms with Crippen molar-refractivity contribution in [2.75, 3.05) is 39.5 Å². The number of carbonyl (C=O) groups is 1. The van der Waals surface area contributed by atoms with Crippen molar-refractivity contribution in [2.45, 2.75) is 58.7 Å². The Balaban J connectivity index is 1.96. The molecule has 8 heteroatoms. The zero-order valence-electron chi connectivity index (χ0n) is 18.1. The number of hydrogen-bond acceptors (Lipinski definition) is 5. The average Bonchev–Trinajstić information content (AvgIpc) is 3.37. The summed E-state index contributed by atoms with van der Waals surface area (Å²) in [6.45, 7) is 10.8. The molecular formula is C21H37N5O3. The fourth-order valence-corrected chi connectivity index (χ4v) is 4.50. The molecule has 1 aromatic heterocycles. The van der Waals surface area contributed by atoms with E-state index >= 15 is 0 Å². The molecule has 0 saturated carbocycles. The number of carbonyl (C=O) groups excluding carboxylic acids is 1. The number of amides is 2. The molecule has 2 fully saturated rings. The zero-order valence-corrected chi connectivity index (χ0v) is 18.1. The van der Waals surface area contributed by atoms with Crippen LogP contribution in [0.4, 0.5) is 4.79 Å². The summed E-state index contributed by atoms with van der Waals surface area (Å²) in [6, 6.07) is -0.494. The zero-order chi connectivity index (χ0) is 20.8. The fourth-order valence-electron chi connectivity index (χ4n) is 4.50. The highest BCUT2D eigenvalue weighted by molar-refractivity contribution is 5.75. The van der Waals surface area contributed by atoms with Gasteiger partial charge in [0.15, 0.2) is 0 Å². The van der Waals surface area contributed by atoms with Crippen LogP contribution in [0.5, 0.6) is 0 Å². The van der Waals surface area contributed by atoms with Crippen molar-refractivity contribution in [1.29, 1.82) is 0 Å². The van der Waals surface area contributed by atoms with Crippen LogP contribution in [0.1, 0.15) is 50.7 Å². The number of ether oxygens (including phenoxy) is 1. The van der Waals surface area contributed by atoms with Crippen molar-refractivity contribution in [2.24, 2.45) is 11.8 Å². The van der Waals surface area contributed by atoms with Gasteiger partial charge in [0, 0.05) is 32.5 Å². The largest absolute Gasteiger partial charge is 0.394 e. The Hall–Kier alpha value is -1.64. The van der Waals surface area contributed by atoms with Crippen LogP contribution in [0.3, 0.4) is 0 Å². The molecule has 3 N–H and O–H groups in total. The minimum absolute atomic E-state index is 0.0742. The SMILES string of the molecule is CCn1cc(C)nc1[C@@H](C1CCOCC1)N(C[C@H]1CCNC1)C(=O)N[C@@H](C)CO. The summed E-state index contributed by atoms with van der Waals surface area (Å²) >= 11 is 0. The van der Waals surface area contributed by atoms with E-state index in [1.807, 2.05) is 18.7 Å². The quantitative estimate of drug-likeness (QED) is 0.610. The summed E-state index contributed by atoms with van der Waals surface area (Å²) in [5.74, 6) is 1.70. The topological polar surface area (TPSA) is 91.7 Å². The molecule has 0 radical (unpaired) electrons. The molecular weight excluding hydrogens is 370 g/mol. The summed E-state index contributed by atoms with van der Waals surface area (Å²) in [6.07, 6.45) is 4.98. The van der Waals surface area contributed by atoms with Gasteiger partial charge in [-0.3, -0.25) is 0 Å². The smallest absolute Gasteiger partial charge is 0.318 e. The van der Waals surface area contributed by atoms with Crippen LogP contribution in [0.2, 0.25) is 0 Å². The Morgan fingerprint density at radius 3 is 2.83 bits per heavy atom. The second-order valence-electron chi connectivity index (χ2n) is 8.47. The summed E-state index contributed by atoms with van der Waals surface area (Å²) in [7, 11) is 0. The molecule has 0 spiro atoms. The van der Waals surface area contributed by atoms with E-state index in [1.165, 1.54) is 0 Å². The molecule has 3 heterocycles. The highest BCUT2D eigenvalue weighted by atomic mass is 16.5. The van der Waals surface area contributed by atoms with Crippen LogP contribution in [0.15, 0.2) is 6.20 Å². The second-order valence-corrected chi connectivity index (χ2v) is 8.47. The molecule has 0 aromatic carbocycles. The minimum atomic E-state index is -0.283. The molecule has 3 rings (SSSR count). The van der Waals surface area contributed by atoms with Crippen molar-refractivity contribution in [3.63, 3.8) is 0 Å². The fraction of sp³-hybridized carbons (Fsp3) is 0.810. The number of nitrogens with zero attached hydrogens (tertiary/aromatic N) is 3. The minimum Gasteiger partial charge on any atom is -0.394 e. The first-order chi connectivity index (χ1) is 14.0. The first-order valence-electron chi connectivity index (χ1n) is 11.0. The molecule has 0 aliphatic carbocycles. The molecule has 3 atom stereocenters. The van der Waals surface area contributed by atoms with Crippen LogP contribution >= 0.6 is 0 Å². The first kappa shape index (κ1) is 22.1. The van der Waals surface area contributed by atoms with Crippen molar-refractivity contribution >= 4 is 6.03 Å². The number of nitrogens with one attached hydrogen (secondary N) is 2. The van der Waals surface area contributed by atoms with E-state index in [9.17, 15) is 9.90 Å². The van der Waals surface area contributed by atoms with E-state index in [4.69, 9.17) is 9.72 Å². The van der Waals surface area contributed by atoms with Gasteiger partial charge < -0.3 is 29.9 Å². The Kier molecular flexibility index (Phi) is 7.91. The monoisotopic (exact) mass is 407 g/mol. The lowest BCUT2D eigenvalue weighted by atomic mass is 9.89. The van der Waals surface area contributed by atoms with Crippen molar-refractivity contribution in [3.05, 3.63) is 17.7 Å². The summed E-state index contributed by atoms with van der Waals surface area (Å²) in [5.41, 5.74) is 0.977. The number of urea groups is 1. The first-order valence-corrected chi connectivity index (χ1v) is 11.0. The predicted octanol–water partition coefficient (Wildman–Crippen LogP) is 1.68. The lowest BCUT2D eigenvalue weighted by Crippen LogP contribution is -2.51. The highest BCUT2D eigenvalue weighted by Crippen LogP contribution is 2.36. The van der Waals surface area contributed by atoms with Gasteiger partial charge in [-0.2, -0.15) is 0 Å². The maximum atomic E-state index is 13.4. The second kappa shape index (κ2) is 10.4. The van der Waals surface area contributed by atoms with Crippen LogP contribution < -0.4 is 10.6 Å². The number of aliphatic hydroxyl groups is 1. The predicted molar refractivity (Wildman–Crippen MR) is 112 cm³/mol. The van der Waals surface area contributed by atoms with E-state index in [0.29, 0.717) is 18.4 Å². The van der Waals surface area contributed by atoms with Gasteiger partial charge in [0.2, 0.25) is 0 Å². The maximum absolute atomic E-state index is 13.4. The number of imidazole rings is 1. The third-order valence-electron chi connectivity index (χ3n) is 6.10. The molecule has 2 aliphatic heterocycles. The lowest BCUT2D eigenvalue weighted by molar-refractivity contribution is 0.0272. The molecule has 2 aliphatic rings. The van der Waals surface area contributed by atoms with Gasteiger partial charge >= 0.3 is 6.03 Å². The molecule has 164 valence electrons. The Bertz CT molecular complexity index is 653. The molecule has 29 heavy (non-hydrogen) atoms. The average molecular weight is 408 g/mol. The van der Waals surface area contributed by atoms with Crippen LogP contribution in [-0.4, -0.2) is 71.1 Å². The molecule has 1 aromatic rings. The van der Waals surface area contributed by atoms with Crippen molar-refractivity contribution < 1.29 is 14.6 Å². The summed E-state index contributed by atoms with van der Waals surface area (Å²) < 4.78 is 7.79. The van der Waals surface area contributed by atoms with Gasteiger partial charge in [-0.15, -0.1) is 0 Å². The number of aliphatic hydroxyl groups excluding tert-OH is 1. The maximum Gasteiger partial charge on any atom is 0.318 e. The van der Waals surface area contributed by atoms with Crippen LogP contribution in [-0.2, 0) is 11.3 Å². The Morgan fingerprint density at radius 2 is 2.21 bits per heavy atom. The molecule has 0 unspecified atom stereocenters. The Labute approximate surface area is 174 Å². The molecule has 8 nitrogen and oxygen atoms in total. The van der Waals surface area contributed by atoms with Crippen molar-refractivity contribution in [3.8, 4) is 0 Å². The van der Waals surface area contributed by atoms with Gasteiger partial charge in [-0.25, -0.2) is 9.78 Å². The van der Waals surface area contributed by atoms with Gasteiger partial charge in [0.05, 0.1) is 24.4 Å².